The zero-order valence-corrected chi connectivity index (χ0v) is 10.6. The van der Waals surface area contributed by atoms with E-state index in [4.69, 9.17) is 10.5 Å². The molecule has 2 aromatic rings. The van der Waals surface area contributed by atoms with Crippen LogP contribution in [-0.4, -0.2) is 5.11 Å². The Hall–Kier alpha value is -2.16. The maximum Gasteiger partial charge on any atom is 0.146 e. The summed E-state index contributed by atoms with van der Waals surface area (Å²) in [5.41, 5.74) is 9.52. The third-order valence-electron chi connectivity index (χ3n) is 2.93. The Kier molecular flexibility index (Phi) is 3.42. The van der Waals surface area contributed by atoms with Gasteiger partial charge in [0, 0.05) is 0 Å². The largest absolute Gasteiger partial charge is 0.506 e. The first-order valence-electron chi connectivity index (χ1n) is 5.84. The fourth-order valence-electron chi connectivity index (χ4n) is 1.77. The number of rotatable bonds is 3. The van der Waals surface area contributed by atoms with Gasteiger partial charge in [-0.1, -0.05) is 29.8 Å². The number of phenols is 1. The van der Waals surface area contributed by atoms with Crippen LogP contribution in [0.15, 0.2) is 36.4 Å². The quantitative estimate of drug-likeness (QED) is 0.643. The van der Waals surface area contributed by atoms with E-state index in [2.05, 4.69) is 18.2 Å². The van der Waals surface area contributed by atoms with Gasteiger partial charge in [0.05, 0.1) is 0 Å². The molecule has 0 saturated heterocycles. The van der Waals surface area contributed by atoms with E-state index < -0.39 is 0 Å². The third kappa shape index (κ3) is 2.56. The fraction of sp³-hybridized carbons (Fsp3) is 0.200. The summed E-state index contributed by atoms with van der Waals surface area (Å²) < 4.78 is 5.65. The fourth-order valence-corrected chi connectivity index (χ4v) is 1.77. The smallest absolute Gasteiger partial charge is 0.146 e. The van der Waals surface area contributed by atoms with Crippen LogP contribution in [0.4, 0.5) is 5.69 Å². The Morgan fingerprint density at radius 1 is 1.17 bits per heavy atom. The minimum absolute atomic E-state index is 0.0495. The Labute approximate surface area is 107 Å². The van der Waals surface area contributed by atoms with E-state index in [1.807, 2.05) is 13.8 Å². The third-order valence-corrected chi connectivity index (χ3v) is 2.93. The van der Waals surface area contributed by atoms with Gasteiger partial charge in [-0.25, -0.2) is 0 Å². The van der Waals surface area contributed by atoms with Crippen LogP contribution >= 0.6 is 0 Å². The molecule has 2 rings (SSSR count). The number of para-hydroxylation sites is 1. The van der Waals surface area contributed by atoms with Crippen LogP contribution in [0.5, 0.6) is 11.5 Å². The summed E-state index contributed by atoms with van der Waals surface area (Å²) in [6.07, 6.45) is 0. The lowest BCUT2D eigenvalue weighted by Gasteiger charge is -2.12. The SMILES string of the molecule is Cc1ccc(C)c(COc2cccc(O)c2N)c1. The van der Waals surface area contributed by atoms with Gasteiger partial charge in [-0.3, -0.25) is 0 Å². The molecule has 0 saturated carbocycles. The highest BCUT2D eigenvalue weighted by atomic mass is 16.5. The van der Waals surface area contributed by atoms with E-state index in [0.717, 1.165) is 5.56 Å². The molecule has 2 aromatic carbocycles. The van der Waals surface area contributed by atoms with Crippen LogP contribution in [0, 0.1) is 13.8 Å². The van der Waals surface area contributed by atoms with Gasteiger partial charge in [-0.15, -0.1) is 0 Å². The summed E-state index contributed by atoms with van der Waals surface area (Å²) in [4.78, 5) is 0. The molecule has 0 spiro atoms. The van der Waals surface area contributed by atoms with Gasteiger partial charge in [0.15, 0.2) is 0 Å². The Balaban J connectivity index is 2.16. The molecule has 3 N–H and O–H groups in total. The minimum Gasteiger partial charge on any atom is -0.506 e. The van der Waals surface area contributed by atoms with Crippen molar-refractivity contribution < 1.29 is 9.84 Å². The lowest BCUT2D eigenvalue weighted by Crippen LogP contribution is -2.01. The van der Waals surface area contributed by atoms with Gasteiger partial charge in [-0.05, 0) is 37.1 Å². The zero-order valence-electron chi connectivity index (χ0n) is 10.6. The van der Waals surface area contributed by atoms with Crippen molar-refractivity contribution in [1.82, 2.24) is 0 Å². The highest BCUT2D eigenvalue weighted by Crippen LogP contribution is 2.30. The second kappa shape index (κ2) is 5.00. The Morgan fingerprint density at radius 3 is 2.72 bits per heavy atom. The van der Waals surface area contributed by atoms with Crippen molar-refractivity contribution in [2.75, 3.05) is 5.73 Å². The number of nitrogens with two attached hydrogens (primary N) is 1. The molecule has 0 aliphatic rings. The summed E-state index contributed by atoms with van der Waals surface area (Å²) in [5, 5.41) is 9.49. The van der Waals surface area contributed by atoms with Crippen molar-refractivity contribution in [3.8, 4) is 11.5 Å². The zero-order chi connectivity index (χ0) is 13.1. The second-order valence-electron chi connectivity index (χ2n) is 4.41. The number of aryl methyl sites for hydroxylation is 2. The standard InChI is InChI=1S/C15H17NO2/c1-10-6-7-11(2)12(8-10)9-18-14-5-3-4-13(17)15(14)16/h3-8,17H,9,16H2,1-2H3. The summed E-state index contributed by atoms with van der Waals surface area (Å²) in [7, 11) is 0. The van der Waals surface area contributed by atoms with Crippen LogP contribution in [0.1, 0.15) is 16.7 Å². The molecule has 0 heterocycles. The molecule has 0 aromatic heterocycles. The van der Waals surface area contributed by atoms with Crippen molar-refractivity contribution in [2.45, 2.75) is 20.5 Å². The summed E-state index contributed by atoms with van der Waals surface area (Å²) in [6, 6.07) is 11.2. The molecular formula is C15H17NO2. The van der Waals surface area contributed by atoms with Gasteiger partial charge < -0.3 is 15.6 Å². The lowest BCUT2D eigenvalue weighted by atomic mass is 10.1. The topological polar surface area (TPSA) is 55.5 Å². The highest BCUT2D eigenvalue weighted by Gasteiger charge is 2.06. The van der Waals surface area contributed by atoms with E-state index in [1.54, 1.807) is 18.2 Å². The predicted molar refractivity (Wildman–Crippen MR) is 72.8 cm³/mol. The molecule has 0 unspecified atom stereocenters. The number of benzene rings is 2. The average molecular weight is 243 g/mol. The molecule has 0 aliphatic carbocycles. The van der Waals surface area contributed by atoms with Gasteiger partial charge in [0.1, 0.15) is 23.8 Å². The molecule has 0 bridgehead atoms. The van der Waals surface area contributed by atoms with Gasteiger partial charge in [-0.2, -0.15) is 0 Å². The number of aromatic hydroxyl groups is 1. The van der Waals surface area contributed by atoms with Crippen LogP contribution in [-0.2, 0) is 6.61 Å². The van der Waals surface area contributed by atoms with Gasteiger partial charge >= 0.3 is 0 Å². The van der Waals surface area contributed by atoms with Crippen molar-refractivity contribution in [3.05, 3.63) is 53.1 Å². The normalized spacial score (nSPS) is 10.3. The molecule has 0 radical (unpaired) electrons. The minimum atomic E-state index is 0.0495. The summed E-state index contributed by atoms with van der Waals surface area (Å²) in [5.74, 6) is 0.560. The van der Waals surface area contributed by atoms with Crippen molar-refractivity contribution in [2.24, 2.45) is 0 Å². The van der Waals surface area contributed by atoms with Crippen LogP contribution in [0.3, 0.4) is 0 Å². The number of ether oxygens (including phenoxy) is 1. The van der Waals surface area contributed by atoms with Gasteiger partial charge in [0.25, 0.3) is 0 Å². The molecule has 3 nitrogen and oxygen atoms in total. The first-order valence-corrected chi connectivity index (χ1v) is 5.84. The number of hydrogen-bond donors (Lipinski definition) is 2. The highest BCUT2D eigenvalue weighted by molar-refractivity contribution is 5.61. The number of nitrogen functional groups attached to an aromatic ring is 1. The van der Waals surface area contributed by atoms with Crippen LogP contribution in [0.25, 0.3) is 0 Å². The molecule has 18 heavy (non-hydrogen) atoms. The first kappa shape index (κ1) is 12.3. The molecule has 0 amide bonds. The number of anilines is 1. The predicted octanol–water partition coefficient (Wildman–Crippen LogP) is 3.17. The van der Waals surface area contributed by atoms with E-state index in [0.29, 0.717) is 12.4 Å². The lowest BCUT2D eigenvalue weighted by molar-refractivity contribution is 0.305. The molecule has 0 aliphatic heterocycles. The van der Waals surface area contributed by atoms with Crippen LogP contribution < -0.4 is 10.5 Å². The van der Waals surface area contributed by atoms with E-state index in [1.165, 1.54) is 11.1 Å². The van der Waals surface area contributed by atoms with E-state index in [-0.39, 0.29) is 11.4 Å². The summed E-state index contributed by atoms with van der Waals surface area (Å²) >= 11 is 0. The molecule has 94 valence electrons. The second-order valence-corrected chi connectivity index (χ2v) is 4.41. The van der Waals surface area contributed by atoms with E-state index in [9.17, 15) is 5.11 Å². The molecule has 0 atom stereocenters. The van der Waals surface area contributed by atoms with E-state index >= 15 is 0 Å². The monoisotopic (exact) mass is 243 g/mol. The van der Waals surface area contributed by atoms with Gasteiger partial charge in [0.2, 0.25) is 0 Å². The number of phenolic OH excluding ortho intramolecular Hbond substituents is 1. The Bertz CT molecular complexity index is 562. The molecule has 3 heteroatoms. The molecular weight excluding hydrogens is 226 g/mol. The van der Waals surface area contributed by atoms with Crippen LogP contribution in [0.2, 0.25) is 0 Å². The maximum absolute atomic E-state index is 9.49. The molecule has 0 fully saturated rings. The average Bonchev–Trinajstić information content (AvgIpc) is 2.35. The maximum atomic E-state index is 9.49. The first-order chi connectivity index (χ1) is 8.58. The van der Waals surface area contributed by atoms with Crippen molar-refractivity contribution in [3.63, 3.8) is 0 Å². The number of hydrogen-bond acceptors (Lipinski definition) is 3. The van der Waals surface area contributed by atoms with Crippen molar-refractivity contribution >= 4 is 5.69 Å². The van der Waals surface area contributed by atoms with Crippen molar-refractivity contribution in [1.29, 1.82) is 0 Å². The Morgan fingerprint density at radius 2 is 1.94 bits per heavy atom. The summed E-state index contributed by atoms with van der Waals surface area (Å²) in [6.45, 7) is 4.54.